The SMILES string of the molecule is CCNCc1ccc(F)cc1S(=O)(=O)NCc1ncc[nH]1. The van der Waals surface area contributed by atoms with E-state index >= 15 is 0 Å². The van der Waals surface area contributed by atoms with E-state index in [-0.39, 0.29) is 11.4 Å². The van der Waals surface area contributed by atoms with Gasteiger partial charge < -0.3 is 10.3 Å². The minimum atomic E-state index is -3.81. The number of halogens is 1. The number of aromatic nitrogens is 2. The average Bonchev–Trinajstić information content (AvgIpc) is 2.97. The lowest BCUT2D eigenvalue weighted by Crippen LogP contribution is -2.26. The molecule has 0 fully saturated rings. The van der Waals surface area contributed by atoms with E-state index in [4.69, 9.17) is 0 Å². The van der Waals surface area contributed by atoms with E-state index in [1.165, 1.54) is 18.3 Å². The average molecular weight is 312 g/mol. The molecule has 1 aromatic carbocycles. The van der Waals surface area contributed by atoms with Crippen molar-refractivity contribution in [1.29, 1.82) is 0 Å². The Morgan fingerprint density at radius 2 is 2.14 bits per heavy atom. The normalized spacial score (nSPS) is 11.7. The quantitative estimate of drug-likeness (QED) is 0.715. The first-order chi connectivity index (χ1) is 10.0. The Kier molecular flexibility index (Phi) is 5.05. The zero-order valence-electron chi connectivity index (χ0n) is 11.6. The van der Waals surface area contributed by atoms with Crippen LogP contribution in [-0.2, 0) is 23.1 Å². The van der Waals surface area contributed by atoms with Gasteiger partial charge in [0.1, 0.15) is 11.6 Å². The summed E-state index contributed by atoms with van der Waals surface area (Å²) in [5, 5.41) is 3.03. The molecule has 0 aliphatic heterocycles. The third-order valence-corrected chi connectivity index (χ3v) is 4.35. The van der Waals surface area contributed by atoms with E-state index in [0.29, 0.717) is 24.5 Å². The van der Waals surface area contributed by atoms with Crippen molar-refractivity contribution >= 4 is 10.0 Å². The van der Waals surface area contributed by atoms with Gasteiger partial charge in [-0.1, -0.05) is 13.0 Å². The molecule has 0 saturated carbocycles. The molecule has 0 bridgehead atoms. The molecule has 3 N–H and O–H groups in total. The maximum absolute atomic E-state index is 13.4. The first-order valence-electron chi connectivity index (χ1n) is 6.50. The maximum Gasteiger partial charge on any atom is 0.241 e. The second-order valence-electron chi connectivity index (χ2n) is 4.39. The van der Waals surface area contributed by atoms with Gasteiger partial charge in [-0.25, -0.2) is 22.5 Å². The number of aromatic amines is 1. The van der Waals surface area contributed by atoms with Gasteiger partial charge in [0.15, 0.2) is 0 Å². The number of nitrogens with zero attached hydrogens (tertiary/aromatic N) is 1. The molecule has 2 aromatic rings. The van der Waals surface area contributed by atoms with Crippen molar-refractivity contribution in [3.05, 3.63) is 47.8 Å². The molecule has 8 heteroatoms. The van der Waals surface area contributed by atoms with Crippen molar-refractivity contribution in [2.75, 3.05) is 6.54 Å². The number of nitrogens with one attached hydrogen (secondary N) is 3. The third kappa shape index (κ3) is 4.10. The van der Waals surface area contributed by atoms with E-state index in [1.807, 2.05) is 6.92 Å². The molecule has 1 aromatic heterocycles. The van der Waals surface area contributed by atoms with E-state index < -0.39 is 15.8 Å². The molecule has 6 nitrogen and oxygen atoms in total. The Balaban J connectivity index is 2.23. The molecule has 0 aliphatic rings. The fourth-order valence-electron chi connectivity index (χ4n) is 1.82. The molecule has 0 radical (unpaired) electrons. The summed E-state index contributed by atoms with van der Waals surface area (Å²) in [5.41, 5.74) is 0.519. The van der Waals surface area contributed by atoms with Crippen LogP contribution >= 0.6 is 0 Å². The molecular weight excluding hydrogens is 295 g/mol. The lowest BCUT2D eigenvalue weighted by atomic mass is 10.2. The topological polar surface area (TPSA) is 86.9 Å². The summed E-state index contributed by atoms with van der Waals surface area (Å²) in [4.78, 5) is 6.67. The molecule has 0 unspecified atom stereocenters. The highest BCUT2D eigenvalue weighted by Crippen LogP contribution is 2.17. The number of rotatable bonds is 7. The van der Waals surface area contributed by atoms with Gasteiger partial charge in [0.25, 0.3) is 0 Å². The third-order valence-electron chi connectivity index (χ3n) is 2.87. The fraction of sp³-hybridized carbons (Fsp3) is 0.308. The van der Waals surface area contributed by atoms with Gasteiger partial charge in [0, 0.05) is 18.9 Å². The highest BCUT2D eigenvalue weighted by Gasteiger charge is 2.19. The van der Waals surface area contributed by atoms with Crippen LogP contribution in [0.25, 0.3) is 0 Å². The predicted molar refractivity (Wildman–Crippen MR) is 76.4 cm³/mol. The van der Waals surface area contributed by atoms with Crippen LogP contribution in [0.3, 0.4) is 0 Å². The van der Waals surface area contributed by atoms with E-state index in [9.17, 15) is 12.8 Å². The molecule has 0 spiro atoms. The smallest absolute Gasteiger partial charge is 0.241 e. The van der Waals surface area contributed by atoms with Crippen molar-refractivity contribution in [2.45, 2.75) is 24.9 Å². The van der Waals surface area contributed by atoms with E-state index in [1.54, 1.807) is 6.20 Å². The number of imidazole rings is 1. The largest absolute Gasteiger partial charge is 0.347 e. The summed E-state index contributed by atoms with van der Waals surface area (Å²) in [6.45, 7) is 2.98. The summed E-state index contributed by atoms with van der Waals surface area (Å²) in [6, 6.07) is 3.74. The molecule has 114 valence electrons. The number of hydrogen-bond donors (Lipinski definition) is 3. The molecule has 1 heterocycles. The molecule has 0 saturated heterocycles. The Morgan fingerprint density at radius 3 is 2.81 bits per heavy atom. The minimum Gasteiger partial charge on any atom is -0.347 e. The maximum atomic E-state index is 13.4. The highest BCUT2D eigenvalue weighted by atomic mass is 32.2. The summed E-state index contributed by atoms with van der Waals surface area (Å²) in [6.07, 6.45) is 3.13. The summed E-state index contributed by atoms with van der Waals surface area (Å²) < 4.78 is 40.4. The zero-order valence-corrected chi connectivity index (χ0v) is 12.4. The summed E-state index contributed by atoms with van der Waals surface area (Å²) >= 11 is 0. The number of H-pyrrole nitrogens is 1. The standard InChI is InChI=1S/C13H17FN4O2S/c1-2-15-8-10-3-4-11(14)7-12(10)21(19,20)18-9-13-16-5-6-17-13/h3-7,15,18H,2,8-9H2,1H3,(H,16,17). The van der Waals surface area contributed by atoms with Gasteiger partial charge in [-0.3, -0.25) is 0 Å². The Hall–Kier alpha value is -1.77. The minimum absolute atomic E-state index is 0.0203. The van der Waals surface area contributed by atoms with Gasteiger partial charge in [0.2, 0.25) is 10.0 Å². The predicted octanol–water partition coefficient (Wildman–Crippen LogP) is 1.14. The van der Waals surface area contributed by atoms with Gasteiger partial charge in [-0.05, 0) is 24.2 Å². The first-order valence-corrected chi connectivity index (χ1v) is 7.98. The van der Waals surface area contributed by atoms with Crippen LogP contribution in [0.2, 0.25) is 0 Å². The fourth-order valence-corrected chi connectivity index (χ4v) is 3.06. The van der Waals surface area contributed by atoms with Crippen LogP contribution in [-0.4, -0.2) is 24.9 Å². The molecular formula is C13H17FN4O2S. The Morgan fingerprint density at radius 1 is 1.33 bits per heavy atom. The molecule has 2 rings (SSSR count). The molecule has 21 heavy (non-hydrogen) atoms. The van der Waals surface area contributed by atoms with E-state index in [2.05, 4.69) is 20.0 Å². The van der Waals surface area contributed by atoms with Gasteiger partial charge in [-0.15, -0.1) is 0 Å². The molecule has 0 amide bonds. The Bertz CT molecular complexity index is 686. The van der Waals surface area contributed by atoms with Crippen LogP contribution in [0.15, 0.2) is 35.5 Å². The number of hydrogen-bond acceptors (Lipinski definition) is 4. The van der Waals surface area contributed by atoms with Gasteiger partial charge in [0.05, 0.1) is 11.4 Å². The van der Waals surface area contributed by atoms with Gasteiger partial charge in [-0.2, -0.15) is 0 Å². The van der Waals surface area contributed by atoms with Crippen molar-refractivity contribution in [3.63, 3.8) is 0 Å². The highest BCUT2D eigenvalue weighted by molar-refractivity contribution is 7.89. The van der Waals surface area contributed by atoms with Gasteiger partial charge >= 0.3 is 0 Å². The van der Waals surface area contributed by atoms with Crippen molar-refractivity contribution < 1.29 is 12.8 Å². The number of sulfonamides is 1. The van der Waals surface area contributed by atoms with Crippen molar-refractivity contribution in [3.8, 4) is 0 Å². The zero-order chi connectivity index (χ0) is 15.3. The van der Waals surface area contributed by atoms with Crippen LogP contribution in [0.1, 0.15) is 18.3 Å². The van der Waals surface area contributed by atoms with Crippen molar-refractivity contribution in [2.24, 2.45) is 0 Å². The van der Waals surface area contributed by atoms with Crippen LogP contribution in [0, 0.1) is 5.82 Å². The lowest BCUT2D eigenvalue weighted by Gasteiger charge is -2.11. The second-order valence-corrected chi connectivity index (χ2v) is 6.13. The van der Waals surface area contributed by atoms with E-state index in [0.717, 1.165) is 6.07 Å². The first kappa shape index (κ1) is 15.6. The second kappa shape index (κ2) is 6.79. The molecule has 0 aliphatic carbocycles. The summed E-state index contributed by atoms with van der Waals surface area (Å²) in [5.74, 6) is -0.100. The van der Waals surface area contributed by atoms with Crippen LogP contribution < -0.4 is 10.0 Å². The summed E-state index contributed by atoms with van der Waals surface area (Å²) in [7, 11) is -3.81. The molecule has 0 atom stereocenters. The monoisotopic (exact) mass is 312 g/mol. The van der Waals surface area contributed by atoms with Crippen molar-refractivity contribution in [1.82, 2.24) is 20.0 Å². The van der Waals surface area contributed by atoms with Crippen LogP contribution in [0.5, 0.6) is 0 Å². The lowest BCUT2D eigenvalue weighted by molar-refractivity contribution is 0.572. The Labute approximate surface area is 122 Å². The van der Waals surface area contributed by atoms with Crippen LogP contribution in [0.4, 0.5) is 4.39 Å². The number of benzene rings is 1.